The number of pyridine rings is 2. The average Bonchev–Trinajstić information content (AvgIpc) is 2.80. The molecule has 0 spiro atoms. The van der Waals surface area contributed by atoms with E-state index in [9.17, 15) is 24.2 Å². The van der Waals surface area contributed by atoms with Crippen LogP contribution in [0.25, 0.3) is 0 Å². The van der Waals surface area contributed by atoms with Crippen LogP contribution in [0.4, 0.5) is 10.2 Å². The van der Waals surface area contributed by atoms with Crippen molar-refractivity contribution < 1.29 is 29.0 Å². The summed E-state index contributed by atoms with van der Waals surface area (Å²) in [5.41, 5.74) is 1.91. The van der Waals surface area contributed by atoms with Crippen molar-refractivity contribution in [3.63, 3.8) is 0 Å². The average molecular weight is 475 g/mol. The highest BCUT2D eigenvalue weighted by atomic mass is 19.1. The molecule has 3 heterocycles. The molecule has 1 aliphatic heterocycles. The summed E-state index contributed by atoms with van der Waals surface area (Å²) in [6, 6.07) is 3.84. The lowest BCUT2D eigenvalue weighted by Gasteiger charge is -2.29. The fourth-order valence-electron chi connectivity index (χ4n) is 3.97. The van der Waals surface area contributed by atoms with Gasteiger partial charge in [0, 0.05) is 31.6 Å². The van der Waals surface area contributed by atoms with Gasteiger partial charge in [-0.3, -0.25) is 9.78 Å². The summed E-state index contributed by atoms with van der Waals surface area (Å²) >= 11 is 0. The number of hydroxylamine groups is 2. The quantitative estimate of drug-likeness (QED) is 0.422. The third-order valence-corrected chi connectivity index (χ3v) is 5.87. The molecule has 0 fully saturated rings. The number of nitrogens with one attached hydrogen (secondary N) is 1. The van der Waals surface area contributed by atoms with Gasteiger partial charge in [-0.2, -0.15) is 0 Å². The van der Waals surface area contributed by atoms with Crippen molar-refractivity contribution in [1.82, 2.24) is 15.0 Å². The number of carbonyl (C=O) groups is 2. The number of aliphatic hydroxyl groups excluding tert-OH is 1. The van der Waals surface area contributed by atoms with E-state index in [0.717, 1.165) is 42.0 Å². The molecule has 0 aromatic carbocycles. The Balaban J connectivity index is 1.70. The van der Waals surface area contributed by atoms with Crippen LogP contribution in [0.2, 0.25) is 0 Å². The van der Waals surface area contributed by atoms with E-state index >= 15 is 0 Å². The minimum absolute atomic E-state index is 0.0843. The van der Waals surface area contributed by atoms with E-state index in [1.165, 1.54) is 18.7 Å². The minimum atomic E-state index is -1.28. The van der Waals surface area contributed by atoms with E-state index < -0.39 is 30.4 Å². The van der Waals surface area contributed by atoms with Gasteiger partial charge in [-0.15, -0.1) is 5.06 Å². The zero-order valence-electron chi connectivity index (χ0n) is 19.5. The molecule has 10 heteroatoms. The Morgan fingerprint density at radius 3 is 2.79 bits per heavy atom. The second-order valence-electron chi connectivity index (χ2n) is 8.58. The molecule has 0 amide bonds. The van der Waals surface area contributed by atoms with Crippen molar-refractivity contribution in [2.45, 2.75) is 52.0 Å². The summed E-state index contributed by atoms with van der Waals surface area (Å²) in [6.45, 7) is 3.96. The van der Waals surface area contributed by atoms with Crippen LogP contribution in [-0.2, 0) is 22.5 Å². The van der Waals surface area contributed by atoms with E-state index in [2.05, 4.69) is 21.4 Å². The van der Waals surface area contributed by atoms with Crippen molar-refractivity contribution >= 4 is 17.8 Å². The summed E-state index contributed by atoms with van der Waals surface area (Å²) in [5.74, 6) is -2.25. The van der Waals surface area contributed by atoms with Crippen LogP contribution < -0.4 is 5.32 Å². The van der Waals surface area contributed by atoms with Gasteiger partial charge < -0.3 is 20.4 Å². The van der Waals surface area contributed by atoms with Crippen LogP contribution in [0.3, 0.4) is 0 Å². The molecule has 34 heavy (non-hydrogen) atoms. The lowest BCUT2D eigenvalue weighted by atomic mass is 10.0. The number of carboxylic acids is 1. The van der Waals surface area contributed by atoms with E-state index in [0.29, 0.717) is 12.8 Å². The lowest BCUT2D eigenvalue weighted by Crippen LogP contribution is -2.45. The summed E-state index contributed by atoms with van der Waals surface area (Å²) in [7, 11) is 0. The van der Waals surface area contributed by atoms with Crippen LogP contribution in [-0.4, -0.2) is 62.9 Å². The number of carboxylic acid groups (broad SMARTS) is 1. The predicted molar refractivity (Wildman–Crippen MR) is 123 cm³/mol. The van der Waals surface area contributed by atoms with Gasteiger partial charge in [0.2, 0.25) is 0 Å². The molecule has 0 aliphatic carbocycles. The molecule has 184 valence electrons. The first-order valence-corrected chi connectivity index (χ1v) is 11.5. The number of anilines is 1. The fraction of sp³-hybridized carbons (Fsp3) is 0.500. The van der Waals surface area contributed by atoms with Gasteiger partial charge in [-0.05, 0) is 62.6 Å². The first-order chi connectivity index (χ1) is 16.3. The van der Waals surface area contributed by atoms with Gasteiger partial charge in [-0.1, -0.05) is 13.0 Å². The Morgan fingerprint density at radius 1 is 1.29 bits per heavy atom. The monoisotopic (exact) mass is 474 g/mol. The standard InChI is InChI=1S/C24H31FN4O5/c1-15(5-7-18-8-6-17-4-3-11-27-22(17)28-18)14-29(20(10-13-30)23(31)32)34-24(33)21-16(2)26-12-9-19(21)25/h6,8-9,12,15,20,30H,3-5,7,10-11,13-14H2,1-2H3,(H,27,28)(H,31,32)/t15-,20-/m1/s1. The van der Waals surface area contributed by atoms with Gasteiger partial charge in [0.1, 0.15) is 23.2 Å². The Hall–Kier alpha value is -3.11. The maximum absolute atomic E-state index is 14.2. The number of aliphatic carboxylic acids is 1. The molecule has 2 aromatic heterocycles. The molecule has 1 aliphatic rings. The maximum atomic E-state index is 14.2. The van der Waals surface area contributed by atoms with E-state index in [-0.39, 0.29) is 30.1 Å². The smallest absolute Gasteiger partial charge is 0.361 e. The van der Waals surface area contributed by atoms with Gasteiger partial charge in [0.15, 0.2) is 0 Å². The normalized spacial score (nSPS) is 14.7. The summed E-state index contributed by atoms with van der Waals surface area (Å²) in [4.78, 5) is 38.5. The highest BCUT2D eigenvalue weighted by Gasteiger charge is 2.31. The number of rotatable bonds is 11. The number of hydrogen-bond acceptors (Lipinski definition) is 8. The van der Waals surface area contributed by atoms with Crippen LogP contribution in [0.5, 0.6) is 0 Å². The van der Waals surface area contributed by atoms with Crippen molar-refractivity contribution in [2.24, 2.45) is 5.92 Å². The first kappa shape index (κ1) is 25.5. The van der Waals surface area contributed by atoms with Crippen LogP contribution in [0, 0.1) is 18.7 Å². The molecule has 3 rings (SSSR count). The van der Waals surface area contributed by atoms with Crippen molar-refractivity contribution in [1.29, 1.82) is 0 Å². The number of fused-ring (bicyclic) bond motifs is 1. The highest BCUT2D eigenvalue weighted by molar-refractivity contribution is 5.90. The Kier molecular flexibility index (Phi) is 8.89. The van der Waals surface area contributed by atoms with Crippen LogP contribution >= 0.6 is 0 Å². The van der Waals surface area contributed by atoms with Crippen LogP contribution in [0.1, 0.15) is 53.5 Å². The molecule has 0 saturated heterocycles. The molecular weight excluding hydrogens is 443 g/mol. The van der Waals surface area contributed by atoms with Gasteiger partial charge in [-0.25, -0.2) is 14.2 Å². The summed E-state index contributed by atoms with van der Waals surface area (Å²) in [5, 5.41) is 23.3. The molecule has 3 N–H and O–H groups in total. The van der Waals surface area contributed by atoms with E-state index in [1.807, 2.05) is 13.0 Å². The molecule has 2 aromatic rings. The number of aromatic nitrogens is 2. The largest absolute Gasteiger partial charge is 0.480 e. The Morgan fingerprint density at radius 2 is 2.09 bits per heavy atom. The zero-order chi connectivity index (χ0) is 24.7. The van der Waals surface area contributed by atoms with Crippen molar-refractivity contribution in [3.05, 3.63) is 52.7 Å². The minimum Gasteiger partial charge on any atom is -0.480 e. The SMILES string of the molecule is Cc1nccc(F)c1C(=O)ON(C[C@H](C)CCc1ccc2c(n1)NCCC2)[C@H](CCO)C(=O)O. The van der Waals surface area contributed by atoms with Crippen molar-refractivity contribution in [2.75, 3.05) is 25.0 Å². The van der Waals surface area contributed by atoms with Gasteiger partial charge in [0.25, 0.3) is 0 Å². The topological polar surface area (TPSA) is 125 Å². The molecule has 0 saturated carbocycles. The molecule has 0 unspecified atom stereocenters. The first-order valence-electron chi connectivity index (χ1n) is 11.5. The third-order valence-electron chi connectivity index (χ3n) is 5.87. The molecular formula is C24H31FN4O5. The molecule has 0 bridgehead atoms. The zero-order valence-corrected chi connectivity index (χ0v) is 19.5. The fourth-order valence-corrected chi connectivity index (χ4v) is 3.97. The summed E-state index contributed by atoms with van der Waals surface area (Å²) in [6.07, 6.45) is 4.49. The Labute approximate surface area is 197 Å². The molecule has 2 atom stereocenters. The predicted octanol–water partition coefficient (Wildman–Crippen LogP) is 2.76. The maximum Gasteiger partial charge on any atom is 0.361 e. The van der Waals surface area contributed by atoms with Gasteiger partial charge >= 0.3 is 11.9 Å². The number of aliphatic hydroxyl groups is 1. The second kappa shape index (κ2) is 11.8. The van der Waals surface area contributed by atoms with Crippen LogP contribution in [0.15, 0.2) is 24.4 Å². The molecule has 0 radical (unpaired) electrons. The van der Waals surface area contributed by atoms with E-state index in [1.54, 1.807) is 0 Å². The van der Waals surface area contributed by atoms with Gasteiger partial charge in [0.05, 0.1) is 5.69 Å². The lowest BCUT2D eigenvalue weighted by molar-refractivity contribution is -0.176. The number of nitrogens with zero attached hydrogens (tertiary/aromatic N) is 3. The number of carbonyl (C=O) groups excluding carboxylic acids is 1. The Bertz CT molecular complexity index is 999. The third kappa shape index (κ3) is 6.48. The van der Waals surface area contributed by atoms with E-state index in [4.69, 9.17) is 4.84 Å². The summed E-state index contributed by atoms with van der Waals surface area (Å²) < 4.78 is 14.2. The number of aryl methyl sites for hydroxylation is 3. The number of hydrogen-bond donors (Lipinski definition) is 3. The second-order valence-corrected chi connectivity index (χ2v) is 8.58. The van der Waals surface area contributed by atoms with Crippen molar-refractivity contribution in [3.8, 4) is 0 Å². The highest BCUT2D eigenvalue weighted by Crippen LogP contribution is 2.22. The number of halogens is 1. The molecule has 9 nitrogen and oxygen atoms in total.